The minimum absolute atomic E-state index is 0.0787. The highest BCUT2D eigenvalue weighted by Crippen LogP contribution is 2.18. The molecule has 6 nitrogen and oxygen atoms in total. The minimum Gasteiger partial charge on any atom is -0.462 e. The normalized spacial score (nSPS) is 12.5. The van der Waals surface area contributed by atoms with E-state index in [1.54, 1.807) is 0 Å². The molecule has 0 bridgehead atoms. The highest BCUT2D eigenvalue weighted by molar-refractivity contribution is 5.71. The Labute approximate surface area is 484 Å². The van der Waals surface area contributed by atoms with Crippen LogP contribution in [0.4, 0.5) is 0 Å². The van der Waals surface area contributed by atoms with E-state index in [-0.39, 0.29) is 31.1 Å². The summed E-state index contributed by atoms with van der Waals surface area (Å²) in [4.78, 5) is 38.4. The lowest BCUT2D eigenvalue weighted by Crippen LogP contribution is -2.30. The quantitative estimate of drug-likeness (QED) is 0.0261. The third kappa shape index (κ3) is 63.7. The van der Waals surface area contributed by atoms with Crippen LogP contribution < -0.4 is 0 Å². The first-order valence-corrected chi connectivity index (χ1v) is 33.9. The molecule has 0 radical (unpaired) electrons. The lowest BCUT2D eigenvalue weighted by molar-refractivity contribution is -0.167. The highest BCUT2D eigenvalue weighted by atomic mass is 16.6. The molecule has 0 aromatic rings. The molecule has 0 aliphatic carbocycles. The second-order valence-electron chi connectivity index (χ2n) is 22.7. The van der Waals surface area contributed by atoms with Crippen molar-refractivity contribution in [2.24, 2.45) is 0 Å². The Morgan fingerprint density at radius 3 is 0.782 bits per heavy atom. The molecule has 1 unspecified atom stereocenters. The lowest BCUT2D eigenvalue weighted by atomic mass is 10.0. The molecule has 1 atom stereocenters. The summed E-state index contributed by atoms with van der Waals surface area (Å²) in [7, 11) is 0. The van der Waals surface area contributed by atoms with Gasteiger partial charge in [0.25, 0.3) is 0 Å². The van der Waals surface area contributed by atoms with Crippen molar-refractivity contribution in [3.05, 3.63) is 72.9 Å². The molecular weight excluding hydrogens is 961 g/mol. The van der Waals surface area contributed by atoms with Gasteiger partial charge in [-0.15, -0.1) is 0 Å². The molecule has 0 saturated carbocycles. The van der Waals surface area contributed by atoms with Crippen molar-refractivity contribution in [1.82, 2.24) is 0 Å². The summed E-state index contributed by atoms with van der Waals surface area (Å²) in [5.74, 6) is -0.881. The topological polar surface area (TPSA) is 78.9 Å². The maximum absolute atomic E-state index is 12.9. The zero-order chi connectivity index (χ0) is 56.4. The van der Waals surface area contributed by atoms with E-state index in [9.17, 15) is 14.4 Å². The Kier molecular flexibility index (Phi) is 63.7. The van der Waals surface area contributed by atoms with Crippen LogP contribution in [0.2, 0.25) is 0 Å². The fourth-order valence-corrected chi connectivity index (χ4v) is 9.92. The maximum Gasteiger partial charge on any atom is 0.306 e. The van der Waals surface area contributed by atoms with Gasteiger partial charge in [-0.25, -0.2) is 0 Å². The molecule has 452 valence electrons. The number of carbonyl (C=O) groups is 3. The second kappa shape index (κ2) is 66.4. The molecule has 0 aliphatic rings. The monoisotopic (exact) mass is 1090 g/mol. The van der Waals surface area contributed by atoms with Crippen molar-refractivity contribution in [2.45, 2.75) is 354 Å². The van der Waals surface area contributed by atoms with Gasteiger partial charge in [0, 0.05) is 19.3 Å². The van der Waals surface area contributed by atoms with Crippen molar-refractivity contribution in [3.8, 4) is 0 Å². The number of ether oxygens (including phenoxy) is 3. The van der Waals surface area contributed by atoms with E-state index in [4.69, 9.17) is 14.2 Å². The van der Waals surface area contributed by atoms with E-state index in [1.807, 2.05) is 0 Å². The van der Waals surface area contributed by atoms with E-state index < -0.39 is 6.10 Å². The smallest absolute Gasteiger partial charge is 0.306 e. The van der Waals surface area contributed by atoms with E-state index >= 15 is 0 Å². The van der Waals surface area contributed by atoms with Crippen molar-refractivity contribution < 1.29 is 28.6 Å². The Bertz CT molecular complexity index is 1440. The molecule has 6 heteroatoms. The molecule has 0 heterocycles. The van der Waals surface area contributed by atoms with Gasteiger partial charge < -0.3 is 14.2 Å². The molecule has 0 spiro atoms. The summed E-state index contributed by atoms with van der Waals surface area (Å²) in [6.07, 6.45) is 86.2. The highest BCUT2D eigenvalue weighted by Gasteiger charge is 2.19. The van der Waals surface area contributed by atoms with Gasteiger partial charge in [0.2, 0.25) is 0 Å². The van der Waals surface area contributed by atoms with E-state index in [1.165, 1.54) is 199 Å². The van der Waals surface area contributed by atoms with Gasteiger partial charge in [-0.3, -0.25) is 14.4 Å². The zero-order valence-electron chi connectivity index (χ0n) is 51.9. The van der Waals surface area contributed by atoms with Gasteiger partial charge in [0.1, 0.15) is 13.2 Å². The SMILES string of the molecule is CC/C=C\C/C=C\C/C=C\C/C=C\C/C=C\C/C=C\CCCCCCC(=O)OCC(COC(=O)CCCCCCCCCCCCCCCCCCCC)OC(=O)CCCCCCCCCCCCCCCCCCCCC. The average molecular weight is 1090 g/mol. The number of unbranched alkanes of at least 4 members (excludes halogenated alkanes) is 39. The van der Waals surface area contributed by atoms with Crippen LogP contribution in [0.1, 0.15) is 348 Å². The molecule has 0 fully saturated rings. The van der Waals surface area contributed by atoms with Gasteiger partial charge in [-0.05, 0) is 70.6 Å². The molecule has 0 saturated heterocycles. The summed E-state index contributed by atoms with van der Waals surface area (Å²) in [6.45, 7) is 6.57. The molecule has 78 heavy (non-hydrogen) atoms. The number of hydrogen-bond acceptors (Lipinski definition) is 6. The van der Waals surface area contributed by atoms with Crippen LogP contribution in [0.25, 0.3) is 0 Å². The summed E-state index contributed by atoms with van der Waals surface area (Å²) in [5, 5.41) is 0. The number of carbonyl (C=O) groups excluding carboxylic acids is 3. The van der Waals surface area contributed by atoms with Crippen LogP contribution in [0.15, 0.2) is 72.9 Å². The Balaban J connectivity index is 4.39. The first-order chi connectivity index (χ1) is 38.5. The van der Waals surface area contributed by atoms with E-state index in [0.29, 0.717) is 19.3 Å². The van der Waals surface area contributed by atoms with E-state index in [0.717, 1.165) is 109 Å². The summed E-state index contributed by atoms with van der Waals surface area (Å²) in [5.41, 5.74) is 0. The molecule has 0 amide bonds. The molecule has 0 rings (SSSR count). The van der Waals surface area contributed by atoms with Crippen LogP contribution in [0.5, 0.6) is 0 Å². The third-order valence-corrected chi connectivity index (χ3v) is 15.0. The molecule has 0 N–H and O–H groups in total. The molecule has 0 aromatic carbocycles. The Morgan fingerprint density at radius 2 is 0.500 bits per heavy atom. The first kappa shape index (κ1) is 74.8. The zero-order valence-corrected chi connectivity index (χ0v) is 51.9. The van der Waals surface area contributed by atoms with Crippen LogP contribution in [0, 0.1) is 0 Å². The number of allylic oxidation sites excluding steroid dienone is 12. The van der Waals surface area contributed by atoms with Gasteiger partial charge >= 0.3 is 17.9 Å². The maximum atomic E-state index is 12.9. The van der Waals surface area contributed by atoms with Gasteiger partial charge in [-0.2, -0.15) is 0 Å². The Hall–Kier alpha value is -3.15. The van der Waals surface area contributed by atoms with Crippen LogP contribution >= 0.6 is 0 Å². The van der Waals surface area contributed by atoms with Crippen molar-refractivity contribution in [1.29, 1.82) is 0 Å². The predicted molar refractivity (Wildman–Crippen MR) is 339 cm³/mol. The van der Waals surface area contributed by atoms with Gasteiger partial charge in [0.05, 0.1) is 0 Å². The largest absolute Gasteiger partial charge is 0.462 e. The van der Waals surface area contributed by atoms with Crippen molar-refractivity contribution in [3.63, 3.8) is 0 Å². The van der Waals surface area contributed by atoms with E-state index in [2.05, 4.69) is 93.7 Å². The lowest BCUT2D eigenvalue weighted by Gasteiger charge is -2.18. The summed E-state index contributed by atoms with van der Waals surface area (Å²) < 4.78 is 17.0. The minimum atomic E-state index is -0.785. The first-order valence-electron chi connectivity index (χ1n) is 33.9. The fraction of sp³-hybridized carbons (Fsp3) is 0.792. The Morgan fingerprint density at radius 1 is 0.269 bits per heavy atom. The number of rotatable bonds is 62. The van der Waals surface area contributed by atoms with Crippen molar-refractivity contribution >= 4 is 17.9 Å². The molecule has 0 aliphatic heterocycles. The standard InChI is InChI=1S/C72H128O6/c1-4-7-10-13-16-19-22-25-28-31-34-35-36-37-39-41-44-47-50-53-56-59-62-65-71(74)77-68-69(67-76-70(73)64-61-58-55-52-49-46-43-40-33-30-27-24-21-18-15-12-9-6-3)78-72(75)66-63-60-57-54-51-48-45-42-38-32-29-26-23-20-17-14-11-8-5-2/h7,10,16,19,25,28,34-35,37,39,44,47,69H,4-6,8-9,11-15,17-18,20-24,26-27,29-33,36,38,40-43,45-46,48-68H2,1-3H3/b10-7-,19-16-,28-25-,35-34-,39-37-,47-44-. The molecular formula is C72H128O6. The average Bonchev–Trinajstić information content (AvgIpc) is 3.44. The third-order valence-electron chi connectivity index (χ3n) is 15.0. The van der Waals surface area contributed by atoms with Crippen molar-refractivity contribution in [2.75, 3.05) is 13.2 Å². The van der Waals surface area contributed by atoms with Crippen LogP contribution in [-0.2, 0) is 28.6 Å². The number of esters is 3. The molecule has 0 aromatic heterocycles. The van der Waals surface area contributed by atoms with Crippen LogP contribution in [0.3, 0.4) is 0 Å². The van der Waals surface area contributed by atoms with Crippen LogP contribution in [-0.4, -0.2) is 37.2 Å². The fourth-order valence-electron chi connectivity index (χ4n) is 9.92. The second-order valence-corrected chi connectivity index (χ2v) is 22.7. The summed E-state index contributed by atoms with van der Waals surface area (Å²) >= 11 is 0. The predicted octanol–water partition coefficient (Wildman–Crippen LogP) is 23.3. The van der Waals surface area contributed by atoms with Gasteiger partial charge in [0.15, 0.2) is 6.10 Å². The van der Waals surface area contributed by atoms with Gasteiger partial charge in [-0.1, -0.05) is 331 Å². The number of hydrogen-bond donors (Lipinski definition) is 0. The summed E-state index contributed by atoms with van der Waals surface area (Å²) in [6, 6.07) is 0.